The summed E-state index contributed by atoms with van der Waals surface area (Å²) in [5, 5.41) is 2.70. The van der Waals surface area contributed by atoms with Crippen LogP contribution in [0.15, 0.2) is 54.6 Å². The van der Waals surface area contributed by atoms with Crippen molar-refractivity contribution < 1.29 is 9.53 Å². The van der Waals surface area contributed by atoms with Crippen molar-refractivity contribution in [1.82, 2.24) is 0 Å². The molecule has 0 heterocycles. The first-order valence-corrected chi connectivity index (χ1v) is 6.41. The minimum atomic E-state index is -0.477. The molecular formula is C16H17NO2. The van der Waals surface area contributed by atoms with Gasteiger partial charge in [-0.3, -0.25) is 5.32 Å². The van der Waals surface area contributed by atoms with E-state index in [4.69, 9.17) is 4.74 Å². The Morgan fingerprint density at radius 3 is 2.37 bits per heavy atom. The van der Waals surface area contributed by atoms with E-state index in [9.17, 15) is 4.79 Å². The Kier molecular flexibility index (Phi) is 4.56. The minimum absolute atomic E-state index is 0.477. The van der Waals surface area contributed by atoms with Gasteiger partial charge >= 0.3 is 6.09 Å². The lowest BCUT2D eigenvalue weighted by Crippen LogP contribution is -2.16. The molecule has 1 N–H and O–H groups in total. The molecule has 2 aromatic carbocycles. The van der Waals surface area contributed by atoms with Crippen molar-refractivity contribution in [3.63, 3.8) is 0 Å². The standard InChI is InChI=1S/C16H17NO2/c1-2-6-13-9-11-14(12-10-13)17-16(18)19-15-7-4-3-5-8-15/h3-5,7-12H,2,6H2,1H3,(H,17,18). The fraction of sp³-hybridized carbons (Fsp3) is 0.188. The normalized spacial score (nSPS) is 9.95. The predicted molar refractivity (Wildman–Crippen MR) is 76.5 cm³/mol. The molecule has 0 atom stereocenters. The summed E-state index contributed by atoms with van der Waals surface area (Å²) in [6.07, 6.45) is 1.69. The van der Waals surface area contributed by atoms with Crippen LogP contribution >= 0.6 is 0 Å². The van der Waals surface area contributed by atoms with Gasteiger partial charge in [-0.15, -0.1) is 0 Å². The van der Waals surface area contributed by atoms with Gasteiger partial charge in [0.05, 0.1) is 0 Å². The van der Waals surface area contributed by atoms with E-state index in [-0.39, 0.29) is 0 Å². The Morgan fingerprint density at radius 1 is 1.05 bits per heavy atom. The van der Waals surface area contributed by atoms with Crippen molar-refractivity contribution in [1.29, 1.82) is 0 Å². The Morgan fingerprint density at radius 2 is 1.74 bits per heavy atom. The zero-order chi connectivity index (χ0) is 13.5. The minimum Gasteiger partial charge on any atom is -0.410 e. The van der Waals surface area contributed by atoms with Gasteiger partial charge in [0.1, 0.15) is 5.75 Å². The maximum atomic E-state index is 11.7. The number of rotatable bonds is 4. The third-order valence-corrected chi connectivity index (χ3v) is 2.69. The molecular weight excluding hydrogens is 238 g/mol. The van der Waals surface area contributed by atoms with Crippen molar-refractivity contribution >= 4 is 11.8 Å². The quantitative estimate of drug-likeness (QED) is 0.886. The van der Waals surface area contributed by atoms with Gasteiger partial charge in [0, 0.05) is 5.69 Å². The van der Waals surface area contributed by atoms with Crippen molar-refractivity contribution in [3.8, 4) is 5.75 Å². The second-order valence-electron chi connectivity index (χ2n) is 4.27. The van der Waals surface area contributed by atoms with Gasteiger partial charge in [0.2, 0.25) is 0 Å². The van der Waals surface area contributed by atoms with Crippen LogP contribution in [0.1, 0.15) is 18.9 Å². The number of carbonyl (C=O) groups is 1. The van der Waals surface area contributed by atoms with Crippen LogP contribution in [0.5, 0.6) is 5.75 Å². The Hall–Kier alpha value is -2.29. The summed E-state index contributed by atoms with van der Waals surface area (Å²) in [5.41, 5.74) is 2.00. The average molecular weight is 255 g/mol. The lowest BCUT2D eigenvalue weighted by Gasteiger charge is -2.07. The molecule has 0 aliphatic carbocycles. The number of carbonyl (C=O) groups excluding carboxylic acids is 1. The number of hydrogen-bond donors (Lipinski definition) is 1. The largest absolute Gasteiger partial charge is 0.417 e. The molecule has 0 aromatic heterocycles. The van der Waals surface area contributed by atoms with Gasteiger partial charge in [-0.25, -0.2) is 4.79 Å². The van der Waals surface area contributed by atoms with Crippen molar-refractivity contribution in [3.05, 3.63) is 60.2 Å². The summed E-state index contributed by atoms with van der Waals surface area (Å²) < 4.78 is 5.15. The van der Waals surface area contributed by atoms with E-state index in [0.717, 1.165) is 18.5 Å². The fourth-order valence-corrected chi connectivity index (χ4v) is 1.78. The molecule has 19 heavy (non-hydrogen) atoms. The maximum Gasteiger partial charge on any atom is 0.417 e. The highest BCUT2D eigenvalue weighted by atomic mass is 16.6. The molecule has 3 nitrogen and oxygen atoms in total. The molecule has 2 aromatic rings. The van der Waals surface area contributed by atoms with Crippen molar-refractivity contribution in [2.45, 2.75) is 19.8 Å². The smallest absolute Gasteiger partial charge is 0.410 e. The zero-order valence-corrected chi connectivity index (χ0v) is 10.9. The highest BCUT2D eigenvalue weighted by molar-refractivity contribution is 5.86. The van der Waals surface area contributed by atoms with Crippen molar-refractivity contribution in [2.75, 3.05) is 5.32 Å². The number of ether oxygens (including phenoxy) is 1. The Balaban J connectivity index is 1.91. The van der Waals surface area contributed by atoms with E-state index in [1.807, 2.05) is 42.5 Å². The van der Waals surface area contributed by atoms with Crippen molar-refractivity contribution in [2.24, 2.45) is 0 Å². The highest BCUT2D eigenvalue weighted by Gasteiger charge is 2.04. The van der Waals surface area contributed by atoms with Gasteiger partial charge in [-0.2, -0.15) is 0 Å². The molecule has 0 saturated carbocycles. The van der Waals surface area contributed by atoms with Gasteiger partial charge in [-0.05, 0) is 36.2 Å². The van der Waals surface area contributed by atoms with Crippen LogP contribution < -0.4 is 10.1 Å². The highest BCUT2D eigenvalue weighted by Crippen LogP contribution is 2.13. The summed E-state index contributed by atoms with van der Waals surface area (Å²) in [4.78, 5) is 11.7. The molecule has 0 spiro atoms. The number of benzene rings is 2. The van der Waals surface area contributed by atoms with Crippen LogP contribution in [0.3, 0.4) is 0 Å². The first-order chi connectivity index (χ1) is 9.28. The third kappa shape index (κ3) is 4.14. The zero-order valence-electron chi connectivity index (χ0n) is 10.9. The van der Waals surface area contributed by atoms with E-state index >= 15 is 0 Å². The molecule has 0 aliphatic heterocycles. The van der Waals surface area contributed by atoms with Gasteiger partial charge in [0.15, 0.2) is 0 Å². The molecule has 3 heteroatoms. The van der Waals surface area contributed by atoms with Crippen LogP contribution in [0, 0.1) is 0 Å². The molecule has 0 aliphatic rings. The SMILES string of the molecule is CCCc1ccc(NC(=O)Oc2ccccc2)cc1. The monoisotopic (exact) mass is 255 g/mol. The lowest BCUT2D eigenvalue weighted by atomic mass is 10.1. The van der Waals surface area contributed by atoms with E-state index in [1.54, 1.807) is 12.1 Å². The van der Waals surface area contributed by atoms with Crippen LogP contribution in [-0.4, -0.2) is 6.09 Å². The van der Waals surface area contributed by atoms with E-state index in [1.165, 1.54) is 5.56 Å². The molecule has 0 radical (unpaired) electrons. The summed E-state index contributed by atoms with van der Waals surface area (Å²) >= 11 is 0. The molecule has 1 amide bonds. The number of amides is 1. The number of aryl methyl sites for hydroxylation is 1. The van der Waals surface area contributed by atoms with Crippen LogP contribution in [0.25, 0.3) is 0 Å². The van der Waals surface area contributed by atoms with Crippen LogP contribution in [0.2, 0.25) is 0 Å². The molecule has 0 fully saturated rings. The van der Waals surface area contributed by atoms with E-state index < -0.39 is 6.09 Å². The summed E-state index contributed by atoms with van der Waals surface area (Å²) in [5.74, 6) is 0.530. The summed E-state index contributed by atoms with van der Waals surface area (Å²) in [6, 6.07) is 16.8. The molecule has 98 valence electrons. The maximum absolute atomic E-state index is 11.7. The fourth-order valence-electron chi connectivity index (χ4n) is 1.78. The third-order valence-electron chi connectivity index (χ3n) is 2.69. The van der Waals surface area contributed by atoms with E-state index in [2.05, 4.69) is 12.2 Å². The van der Waals surface area contributed by atoms with Gasteiger partial charge in [-0.1, -0.05) is 43.7 Å². The lowest BCUT2D eigenvalue weighted by molar-refractivity contribution is 0.215. The number of para-hydroxylation sites is 1. The van der Waals surface area contributed by atoms with Crippen LogP contribution in [0.4, 0.5) is 10.5 Å². The van der Waals surface area contributed by atoms with Crippen LogP contribution in [-0.2, 0) is 6.42 Å². The first-order valence-electron chi connectivity index (χ1n) is 6.41. The number of nitrogens with one attached hydrogen (secondary N) is 1. The van der Waals surface area contributed by atoms with Gasteiger partial charge < -0.3 is 4.74 Å². The second kappa shape index (κ2) is 6.59. The Labute approximate surface area is 113 Å². The topological polar surface area (TPSA) is 38.3 Å². The number of anilines is 1. The number of hydrogen-bond acceptors (Lipinski definition) is 2. The predicted octanol–water partition coefficient (Wildman–Crippen LogP) is 4.25. The van der Waals surface area contributed by atoms with E-state index in [0.29, 0.717) is 5.75 Å². The summed E-state index contributed by atoms with van der Waals surface area (Å²) in [7, 11) is 0. The molecule has 2 rings (SSSR count). The summed E-state index contributed by atoms with van der Waals surface area (Å²) in [6.45, 7) is 2.14. The molecule has 0 unspecified atom stereocenters. The molecule has 0 bridgehead atoms. The van der Waals surface area contributed by atoms with Gasteiger partial charge in [0.25, 0.3) is 0 Å². The average Bonchev–Trinajstić information content (AvgIpc) is 2.42. The Bertz CT molecular complexity index is 520. The second-order valence-corrected chi connectivity index (χ2v) is 4.27. The first kappa shape index (κ1) is 13.1. The molecule has 0 saturated heterocycles.